The standard InChI is InChI=1S/C11H10BrF2N5O/c12-6-3-9(8(14)4-7(6)13)16-11(20)10-5-19(2-1-15)18-17-10/h3-5H,1-2,15H2,(H,16,20). The maximum absolute atomic E-state index is 13.5. The number of amides is 1. The fraction of sp³-hybridized carbons (Fsp3) is 0.182. The van der Waals surface area contributed by atoms with Crippen molar-refractivity contribution in [3.63, 3.8) is 0 Å². The average Bonchev–Trinajstić information content (AvgIpc) is 2.85. The summed E-state index contributed by atoms with van der Waals surface area (Å²) in [6.07, 6.45) is 1.39. The van der Waals surface area contributed by atoms with E-state index in [0.29, 0.717) is 19.2 Å². The summed E-state index contributed by atoms with van der Waals surface area (Å²) < 4.78 is 28.0. The van der Waals surface area contributed by atoms with E-state index >= 15 is 0 Å². The van der Waals surface area contributed by atoms with E-state index in [0.717, 1.165) is 6.07 Å². The van der Waals surface area contributed by atoms with Gasteiger partial charge in [0.25, 0.3) is 5.91 Å². The molecule has 2 aromatic rings. The highest BCUT2D eigenvalue weighted by Crippen LogP contribution is 2.23. The number of nitrogens with zero attached hydrogens (tertiary/aromatic N) is 3. The summed E-state index contributed by atoms with van der Waals surface area (Å²) in [7, 11) is 0. The van der Waals surface area contributed by atoms with Crippen molar-refractivity contribution in [2.45, 2.75) is 6.54 Å². The van der Waals surface area contributed by atoms with Gasteiger partial charge in [0.05, 0.1) is 22.9 Å². The van der Waals surface area contributed by atoms with Gasteiger partial charge in [-0.15, -0.1) is 5.10 Å². The van der Waals surface area contributed by atoms with Gasteiger partial charge >= 0.3 is 0 Å². The normalized spacial score (nSPS) is 10.6. The van der Waals surface area contributed by atoms with Crippen LogP contribution in [0.4, 0.5) is 14.5 Å². The molecule has 0 atom stereocenters. The molecule has 20 heavy (non-hydrogen) atoms. The smallest absolute Gasteiger partial charge is 0.277 e. The van der Waals surface area contributed by atoms with Gasteiger partial charge in [-0.1, -0.05) is 5.21 Å². The molecule has 106 valence electrons. The van der Waals surface area contributed by atoms with E-state index in [-0.39, 0.29) is 15.9 Å². The molecule has 3 N–H and O–H groups in total. The highest BCUT2D eigenvalue weighted by Gasteiger charge is 2.15. The summed E-state index contributed by atoms with van der Waals surface area (Å²) in [6, 6.07) is 1.80. The third-order valence-electron chi connectivity index (χ3n) is 2.39. The molecule has 0 saturated carbocycles. The van der Waals surface area contributed by atoms with E-state index in [1.807, 2.05) is 0 Å². The quantitative estimate of drug-likeness (QED) is 0.823. The van der Waals surface area contributed by atoms with Gasteiger partial charge in [0, 0.05) is 12.6 Å². The molecule has 0 unspecified atom stereocenters. The second-order valence-electron chi connectivity index (χ2n) is 3.86. The predicted octanol–water partition coefficient (Wildman–Crippen LogP) is 1.53. The number of rotatable bonds is 4. The van der Waals surface area contributed by atoms with Crippen LogP contribution < -0.4 is 11.1 Å². The van der Waals surface area contributed by atoms with Crippen molar-refractivity contribution in [2.75, 3.05) is 11.9 Å². The van der Waals surface area contributed by atoms with Gasteiger partial charge in [-0.2, -0.15) is 0 Å². The second-order valence-corrected chi connectivity index (χ2v) is 4.71. The molecular weight excluding hydrogens is 336 g/mol. The maximum atomic E-state index is 13.5. The minimum absolute atomic E-state index is 0.0123. The third kappa shape index (κ3) is 3.17. The zero-order valence-electron chi connectivity index (χ0n) is 10.1. The summed E-state index contributed by atoms with van der Waals surface area (Å²) in [5.74, 6) is -2.28. The monoisotopic (exact) mass is 345 g/mol. The first-order valence-electron chi connectivity index (χ1n) is 5.57. The van der Waals surface area contributed by atoms with E-state index in [1.165, 1.54) is 10.9 Å². The molecule has 1 aromatic heterocycles. The number of nitrogens with one attached hydrogen (secondary N) is 1. The largest absolute Gasteiger partial charge is 0.329 e. The Morgan fingerprint density at radius 3 is 2.85 bits per heavy atom. The zero-order chi connectivity index (χ0) is 14.7. The van der Waals surface area contributed by atoms with Crippen LogP contribution in [0.3, 0.4) is 0 Å². The number of carbonyl (C=O) groups excluding carboxylic acids is 1. The summed E-state index contributed by atoms with van der Waals surface area (Å²) in [5.41, 5.74) is 5.20. The van der Waals surface area contributed by atoms with Gasteiger partial charge in [0.2, 0.25) is 0 Å². The average molecular weight is 346 g/mol. The lowest BCUT2D eigenvalue weighted by Gasteiger charge is -2.05. The van der Waals surface area contributed by atoms with Crippen LogP contribution in [0.25, 0.3) is 0 Å². The molecule has 1 aromatic carbocycles. The number of carbonyl (C=O) groups is 1. The molecule has 0 aliphatic rings. The Bertz CT molecular complexity index is 646. The molecule has 9 heteroatoms. The molecule has 0 aliphatic heterocycles. The van der Waals surface area contributed by atoms with Crippen molar-refractivity contribution in [1.82, 2.24) is 15.0 Å². The van der Waals surface area contributed by atoms with Crippen LogP contribution in [0.2, 0.25) is 0 Å². The molecule has 6 nitrogen and oxygen atoms in total. The fourth-order valence-electron chi connectivity index (χ4n) is 1.45. The van der Waals surface area contributed by atoms with Gasteiger partial charge in [-0.05, 0) is 22.0 Å². The van der Waals surface area contributed by atoms with E-state index in [2.05, 4.69) is 31.6 Å². The highest BCUT2D eigenvalue weighted by atomic mass is 79.9. The third-order valence-corrected chi connectivity index (χ3v) is 3.00. The van der Waals surface area contributed by atoms with Crippen molar-refractivity contribution >= 4 is 27.5 Å². The molecule has 1 amide bonds. The molecule has 0 bridgehead atoms. The number of halogens is 3. The van der Waals surface area contributed by atoms with Crippen molar-refractivity contribution in [3.8, 4) is 0 Å². The minimum Gasteiger partial charge on any atom is -0.329 e. The number of anilines is 1. The van der Waals surface area contributed by atoms with Crippen LogP contribution in [0, 0.1) is 11.6 Å². The Morgan fingerprint density at radius 1 is 1.40 bits per heavy atom. The number of hydrogen-bond donors (Lipinski definition) is 2. The van der Waals surface area contributed by atoms with Crippen LogP contribution >= 0.6 is 15.9 Å². The number of hydrogen-bond acceptors (Lipinski definition) is 4. The van der Waals surface area contributed by atoms with E-state index in [9.17, 15) is 13.6 Å². The second kappa shape index (κ2) is 6.06. The Morgan fingerprint density at radius 2 is 2.15 bits per heavy atom. The van der Waals surface area contributed by atoms with E-state index < -0.39 is 17.5 Å². The van der Waals surface area contributed by atoms with Crippen LogP contribution in [-0.2, 0) is 6.54 Å². The van der Waals surface area contributed by atoms with Crippen molar-refractivity contribution in [3.05, 3.63) is 40.1 Å². The fourth-order valence-corrected chi connectivity index (χ4v) is 1.79. The van der Waals surface area contributed by atoms with Crippen molar-refractivity contribution in [2.24, 2.45) is 5.73 Å². The van der Waals surface area contributed by atoms with Crippen LogP contribution in [-0.4, -0.2) is 27.4 Å². The summed E-state index contributed by atoms with van der Waals surface area (Å²) in [6.45, 7) is 0.765. The van der Waals surface area contributed by atoms with Gasteiger partial charge in [0.1, 0.15) is 11.6 Å². The molecule has 0 saturated heterocycles. The van der Waals surface area contributed by atoms with Gasteiger partial charge < -0.3 is 11.1 Å². The lowest BCUT2D eigenvalue weighted by molar-refractivity contribution is 0.102. The summed E-state index contributed by atoms with van der Waals surface area (Å²) in [5, 5.41) is 9.62. The maximum Gasteiger partial charge on any atom is 0.277 e. The summed E-state index contributed by atoms with van der Waals surface area (Å²) in [4.78, 5) is 11.8. The van der Waals surface area contributed by atoms with E-state index in [4.69, 9.17) is 5.73 Å². The minimum atomic E-state index is -0.881. The SMILES string of the molecule is NCCn1cc(C(=O)Nc2cc(Br)c(F)cc2F)nn1. The lowest BCUT2D eigenvalue weighted by atomic mass is 10.3. The number of aromatic nitrogens is 3. The Kier molecular flexibility index (Phi) is 4.40. The Balaban J connectivity index is 2.16. The summed E-state index contributed by atoms with van der Waals surface area (Å²) >= 11 is 2.91. The van der Waals surface area contributed by atoms with Crippen LogP contribution in [0.5, 0.6) is 0 Å². The molecule has 1 heterocycles. The highest BCUT2D eigenvalue weighted by molar-refractivity contribution is 9.10. The van der Waals surface area contributed by atoms with Crippen molar-refractivity contribution in [1.29, 1.82) is 0 Å². The molecule has 0 aliphatic carbocycles. The number of benzene rings is 1. The lowest BCUT2D eigenvalue weighted by Crippen LogP contribution is -2.14. The van der Waals surface area contributed by atoms with Gasteiger partial charge in [-0.3, -0.25) is 9.48 Å². The zero-order valence-corrected chi connectivity index (χ0v) is 11.7. The van der Waals surface area contributed by atoms with Crippen LogP contribution in [0.15, 0.2) is 22.8 Å². The Hall–Kier alpha value is -1.87. The van der Waals surface area contributed by atoms with E-state index in [1.54, 1.807) is 0 Å². The first-order valence-corrected chi connectivity index (χ1v) is 6.36. The first kappa shape index (κ1) is 14.5. The molecule has 0 spiro atoms. The molecule has 0 radical (unpaired) electrons. The molecule has 0 fully saturated rings. The molecular formula is C11H10BrF2N5O. The van der Waals surface area contributed by atoms with Crippen molar-refractivity contribution < 1.29 is 13.6 Å². The van der Waals surface area contributed by atoms with Crippen LogP contribution in [0.1, 0.15) is 10.5 Å². The van der Waals surface area contributed by atoms with Gasteiger partial charge in [-0.25, -0.2) is 8.78 Å². The number of nitrogens with two attached hydrogens (primary N) is 1. The predicted molar refractivity (Wildman–Crippen MR) is 71.1 cm³/mol. The Labute approximate surface area is 121 Å². The molecule has 2 rings (SSSR count). The van der Waals surface area contributed by atoms with Gasteiger partial charge in [0.15, 0.2) is 5.69 Å². The topological polar surface area (TPSA) is 85.8 Å². The first-order chi connectivity index (χ1) is 9.51.